The van der Waals surface area contributed by atoms with Crippen LogP contribution in [0.1, 0.15) is 32.3 Å². The van der Waals surface area contributed by atoms with Crippen molar-refractivity contribution in [3.05, 3.63) is 53.6 Å². The van der Waals surface area contributed by atoms with Crippen LogP contribution in [0.4, 0.5) is 0 Å². The Morgan fingerprint density at radius 3 is 2.41 bits per heavy atom. The van der Waals surface area contributed by atoms with Crippen molar-refractivity contribution in [1.82, 2.24) is 0 Å². The summed E-state index contributed by atoms with van der Waals surface area (Å²) in [5, 5.41) is 0. The Morgan fingerprint density at radius 1 is 1.06 bits per heavy atom. The molecule has 0 N–H and O–H groups in total. The first-order chi connectivity index (χ1) is 8.05. The van der Waals surface area contributed by atoms with Crippen molar-refractivity contribution in [3.63, 3.8) is 0 Å². The number of carbonyl (C=O) groups is 1. The minimum absolute atomic E-state index is 0.0994. The van der Waals surface area contributed by atoms with Crippen LogP contribution in [-0.4, -0.2) is 5.78 Å². The van der Waals surface area contributed by atoms with Crippen molar-refractivity contribution in [2.75, 3.05) is 0 Å². The standard InChI is InChI=1S/C16H18O/c1-16(2)11-14(10-15(17)12-16)9-8-13-6-4-3-5-7-13/h3-10H,11-12H2,1-2H3/b9-8+. The van der Waals surface area contributed by atoms with Gasteiger partial charge in [-0.15, -0.1) is 0 Å². The third kappa shape index (κ3) is 3.42. The van der Waals surface area contributed by atoms with Gasteiger partial charge in [0.2, 0.25) is 0 Å². The normalized spacial score (nSPS) is 19.4. The van der Waals surface area contributed by atoms with Gasteiger partial charge >= 0.3 is 0 Å². The Balaban J connectivity index is 2.14. The molecule has 0 saturated carbocycles. The van der Waals surface area contributed by atoms with Gasteiger partial charge in [0, 0.05) is 6.42 Å². The Hall–Kier alpha value is -1.63. The highest BCUT2D eigenvalue weighted by atomic mass is 16.1. The van der Waals surface area contributed by atoms with Crippen LogP contribution in [0, 0.1) is 5.41 Å². The largest absolute Gasteiger partial charge is 0.295 e. The summed E-state index contributed by atoms with van der Waals surface area (Å²) in [7, 11) is 0. The summed E-state index contributed by atoms with van der Waals surface area (Å²) in [4.78, 5) is 11.6. The van der Waals surface area contributed by atoms with Gasteiger partial charge in [-0.1, -0.05) is 56.3 Å². The van der Waals surface area contributed by atoms with Crippen molar-refractivity contribution >= 4 is 11.9 Å². The van der Waals surface area contributed by atoms with Crippen molar-refractivity contribution in [1.29, 1.82) is 0 Å². The first-order valence-electron chi connectivity index (χ1n) is 6.02. The molecule has 0 aromatic heterocycles. The van der Waals surface area contributed by atoms with Gasteiger partial charge in [0.05, 0.1) is 0 Å². The Bertz CT molecular complexity index is 464. The van der Waals surface area contributed by atoms with Crippen molar-refractivity contribution in [3.8, 4) is 0 Å². The summed E-state index contributed by atoms with van der Waals surface area (Å²) in [5.41, 5.74) is 2.40. The number of allylic oxidation sites excluding steroid dienone is 3. The summed E-state index contributed by atoms with van der Waals surface area (Å²) in [6.07, 6.45) is 7.55. The molecule has 1 aromatic carbocycles. The maximum atomic E-state index is 11.6. The molecule has 17 heavy (non-hydrogen) atoms. The lowest BCUT2D eigenvalue weighted by Crippen LogP contribution is -2.21. The van der Waals surface area contributed by atoms with Crippen LogP contribution in [-0.2, 0) is 4.79 Å². The molecule has 1 aliphatic carbocycles. The molecule has 0 aliphatic heterocycles. The Kier molecular flexibility index (Phi) is 3.28. The zero-order chi connectivity index (χ0) is 12.3. The predicted octanol–water partition coefficient (Wildman–Crippen LogP) is 4.02. The van der Waals surface area contributed by atoms with Gasteiger partial charge < -0.3 is 0 Å². The quantitative estimate of drug-likeness (QED) is 0.744. The molecule has 0 saturated heterocycles. The van der Waals surface area contributed by atoms with Crippen LogP contribution in [0.2, 0.25) is 0 Å². The molecule has 0 heterocycles. The van der Waals surface area contributed by atoms with Crippen molar-refractivity contribution in [2.45, 2.75) is 26.7 Å². The zero-order valence-corrected chi connectivity index (χ0v) is 10.4. The van der Waals surface area contributed by atoms with E-state index in [-0.39, 0.29) is 11.2 Å². The highest BCUT2D eigenvalue weighted by Gasteiger charge is 2.26. The van der Waals surface area contributed by atoms with E-state index in [0.29, 0.717) is 6.42 Å². The highest BCUT2D eigenvalue weighted by molar-refractivity contribution is 5.92. The second kappa shape index (κ2) is 4.70. The van der Waals surface area contributed by atoms with Crippen LogP contribution in [0.25, 0.3) is 6.08 Å². The minimum Gasteiger partial charge on any atom is -0.295 e. The van der Waals surface area contributed by atoms with Gasteiger partial charge in [0.1, 0.15) is 0 Å². The first kappa shape index (κ1) is 11.8. The molecule has 0 fully saturated rings. The van der Waals surface area contributed by atoms with Crippen molar-refractivity contribution < 1.29 is 4.79 Å². The van der Waals surface area contributed by atoms with Crippen LogP contribution < -0.4 is 0 Å². The number of benzene rings is 1. The smallest absolute Gasteiger partial charge is 0.156 e. The zero-order valence-electron chi connectivity index (χ0n) is 10.4. The summed E-state index contributed by atoms with van der Waals surface area (Å²) >= 11 is 0. The van der Waals surface area contributed by atoms with E-state index in [2.05, 4.69) is 38.1 Å². The summed E-state index contributed by atoms with van der Waals surface area (Å²) in [6, 6.07) is 10.2. The number of hydrogen-bond donors (Lipinski definition) is 0. The number of hydrogen-bond acceptors (Lipinski definition) is 1. The lowest BCUT2D eigenvalue weighted by molar-refractivity contribution is -0.116. The average molecular weight is 226 g/mol. The van der Waals surface area contributed by atoms with E-state index in [4.69, 9.17) is 0 Å². The van der Waals surface area contributed by atoms with Crippen LogP contribution in [0.3, 0.4) is 0 Å². The van der Waals surface area contributed by atoms with E-state index in [0.717, 1.165) is 12.0 Å². The molecular weight excluding hydrogens is 208 g/mol. The van der Waals surface area contributed by atoms with Gasteiger partial charge in [-0.3, -0.25) is 4.79 Å². The molecule has 1 aliphatic rings. The maximum Gasteiger partial charge on any atom is 0.156 e. The fourth-order valence-corrected chi connectivity index (χ4v) is 2.27. The summed E-state index contributed by atoms with van der Waals surface area (Å²) in [6.45, 7) is 4.29. The van der Waals surface area contributed by atoms with Crippen molar-refractivity contribution in [2.24, 2.45) is 5.41 Å². The number of ketones is 1. The molecule has 0 bridgehead atoms. The van der Waals surface area contributed by atoms with Crippen LogP contribution in [0.15, 0.2) is 48.1 Å². The number of rotatable bonds is 2. The van der Waals surface area contributed by atoms with Crippen LogP contribution >= 0.6 is 0 Å². The van der Waals surface area contributed by atoms with E-state index in [1.807, 2.05) is 18.2 Å². The lowest BCUT2D eigenvalue weighted by atomic mass is 9.77. The molecule has 0 spiro atoms. The molecule has 0 atom stereocenters. The SMILES string of the molecule is CC1(C)CC(=O)C=C(/C=C/c2ccccc2)C1. The lowest BCUT2D eigenvalue weighted by Gasteiger charge is -2.27. The monoisotopic (exact) mass is 226 g/mol. The third-order valence-electron chi connectivity index (χ3n) is 2.97. The topological polar surface area (TPSA) is 17.1 Å². The molecule has 1 heteroatoms. The van der Waals surface area contributed by atoms with Crippen LogP contribution in [0.5, 0.6) is 0 Å². The third-order valence-corrected chi connectivity index (χ3v) is 2.97. The molecule has 0 unspecified atom stereocenters. The highest BCUT2D eigenvalue weighted by Crippen LogP contribution is 2.34. The Morgan fingerprint density at radius 2 is 1.76 bits per heavy atom. The first-order valence-corrected chi connectivity index (χ1v) is 6.02. The Labute approximate surface area is 103 Å². The van der Waals surface area contributed by atoms with Gasteiger partial charge in [-0.05, 0) is 29.0 Å². The fraction of sp³-hybridized carbons (Fsp3) is 0.312. The molecule has 0 amide bonds. The molecule has 0 radical (unpaired) electrons. The second-order valence-corrected chi connectivity index (χ2v) is 5.45. The van der Waals surface area contributed by atoms with E-state index >= 15 is 0 Å². The predicted molar refractivity (Wildman–Crippen MR) is 71.6 cm³/mol. The van der Waals surface area contributed by atoms with Gasteiger partial charge in [0.25, 0.3) is 0 Å². The van der Waals surface area contributed by atoms with E-state index < -0.39 is 0 Å². The molecule has 88 valence electrons. The molecule has 1 nitrogen and oxygen atoms in total. The fourth-order valence-electron chi connectivity index (χ4n) is 2.27. The second-order valence-electron chi connectivity index (χ2n) is 5.45. The van der Waals surface area contributed by atoms with Gasteiger partial charge in [-0.2, -0.15) is 0 Å². The van der Waals surface area contributed by atoms with E-state index in [1.54, 1.807) is 6.08 Å². The molecular formula is C16H18O. The van der Waals surface area contributed by atoms with Gasteiger partial charge in [0.15, 0.2) is 5.78 Å². The van der Waals surface area contributed by atoms with Gasteiger partial charge in [-0.25, -0.2) is 0 Å². The number of carbonyl (C=O) groups excluding carboxylic acids is 1. The maximum absolute atomic E-state index is 11.6. The average Bonchev–Trinajstić information content (AvgIpc) is 2.25. The summed E-state index contributed by atoms with van der Waals surface area (Å²) in [5.74, 6) is 0.244. The molecule has 1 aromatic rings. The van der Waals surface area contributed by atoms with E-state index in [9.17, 15) is 4.79 Å². The minimum atomic E-state index is 0.0994. The van der Waals surface area contributed by atoms with E-state index in [1.165, 1.54) is 5.56 Å². The molecule has 2 rings (SSSR count). The summed E-state index contributed by atoms with van der Waals surface area (Å²) < 4.78 is 0.